The molecule has 1 fully saturated rings. The Labute approximate surface area is 108 Å². The Morgan fingerprint density at radius 3 is 2.65 bits per heavy atom. The molecule has 0 radical (unpaired) electrons. The number of ether oxygens (including phenoxy) is 1. The van der Waals surface area contributed by atoms with E-state index in [-0.39, 0.29) is 0 Å². The first-order valence-corrected chi connectivity index (χ1v) is 6.24. The highest BCUT2D eigenvalue weighted by atomic mass is 35.5. The number of rotatable bonds is 4. The van der Waals surface area contributed by atoms with Gasteiger partial charge in [0.2, 0.25) is 0 Å². The van der Waals surface area contributed by atoms with Crippen LogP contribution in [0, 0.1) is 0 Å². The lowest BCUT2D eigenvalue weighted by Gasteiger charge is -2.36. The Morgan fingerprint density at radius 2 is 2.06 bits per heavy atom. The predicted octanol–water partition coefficient (Wildman–Crippen LogP) is 3.00. The van der Waals surface area contributed by atoms with Crippen molar-refractivity contribution in [3.05, 3.63) is 23.2 Å². The second-order valence-corrected chi connectivity index (χ2v) is 5.11. The van der Waals surface area contributed by atoms with Crippen molar-refractivity contribution in [1.82, 2.24) is 0 Å². The molecule has 0 unspecified atom stereocenters. The van der Waals surface area contributed by atoms with Crippen LogP contribution in [0.2, 0.25) is 5.02 Å². The molecule has 94 valence electrons. The third kappa shape index (κ3) is 2.67. The Balaban J connectivity index is 2.08. The average Bonchev–Trinajstić information content (AvgIpc) is 2.22. The summed E-state index contributed by atoms with van der Waals surface area (Å²) in [5.74, 6) is 0. The molecule has 0 aromatic heterocycles. The third-order valence-electron chi connectivity index (χ3n) is 3.22. The zero-order chi connectivity index (χ0) is 12.4. The van der Waals surface area contributed by atoms with Gasteiger partial charge in [-0.15, -0.1) is 0 Å². The molecule has 1 saturated carbocycles. The Bertz CT molecular complexity index is 389. The van der Waals surface area contributed by atoms with E-state index in [2.05, 4.69) is 11.4 Å². The molecule has 1 aromatic rings. The summed E-state index contributed by atoms with van der Waals surface area (Å²) >= 11 is 6.22. The van der Waals surface area contributed by atoms with Crippen LogP contribution in [-0.4, -0.2) is 33.4 Å². The second-order valence-electron chi connectivity index (χ2n) is 4.70. The summed E-state index contributed by atoms with van der Waals surface area (Å²) in [5.41, 5.74) is 2.15. The van der Waals surface area contributed by atoms with E-state index in [0.717, 1.165) is 29.2 Å². The van der Waals surface area contributed by atoms with E-state index in [1.54, 1.807) is 7.11 Å². The number of para-hydroxylation sites is 1. The van der Waals surface area contributed by atoms with Crippen molar-refractivity contribution in [2.24, 2.45) is 0 Å². The number of halogens is 1. The lowest BCUT2D eigenvalue weighted by Crippen LogP contribution is -2.40. The first-order chi connectivity index (χ1) is 8.11. The number of nitrogens with zero attached hydrogens (tertiary/aromatic N) is 1. The molecule has 0 heterocycles. The summed E-state index contributed by atoms with van der Waals surface area (Å²) in [5, 5.41) is 4.31. The fourth-order valence-electron chi connectivity index (χ4n) is 2.18. The molecule has 0 spiro atoms. The summed E-state index contributed by atoms with van der Waals surface area (Å²) in [6.07, 6.45) is 2.54. The van der Waals surface area contributed by atoms with Gasteiger partial charge < -0.3 is 15.0 Å². The van der Waals surface area contributed by atoms with E-state index in [9.17, 15) is 0 Å². The van der Waals surface area contributed by atoms with Gasteiger partial charge in [-0.3, -0.25) is 0 Å². The molecule has 0 amide bonds. The molecule has 17 heavy (non-hydrogen) atoms. The molecule has 3 nitrogen and oxygen atoms in total. The smallest absolute Gasteiger partial charge is 0.0786 e. The number of hydrogen-bond acceptors (Lipinski definition) is 3. The standard InChI is InChI=1S/C13H19ClN2O/c1-16(2)13-11(14)5-4-6-12(13)15-9-7-10(8-9)17-3/h4-6,9-10,15H,7-8H2,1-3H3. The van der Waals surface area contributed by atoms with E-state index in [4.69, 9.17) is 16.3 Å². The molecule has 0 bridgehead atoms. The highest BCUT2D eigenvalue weighted by Crippen LogP contribution is 2.35. The molecule has 1 N–H and O–H groups in total. The van der Waals surface area contributed by atoms with Crippen molar-refractivity contribution in [3.63, 3.8) is 0 Å². The SMILES string of the molecule is COC1CC(Nc2cccc(Cl)c2N(C)C)C1. The zero-order valence-electron chi connectivity index (χ0n) is 10.5. The van der Waals surface area contributed by atoms with E-state index < -0.39 is 0 Å². The van der Waals surface area contributed by atoms with Crippen LogP contribution in [0.5, 0.6) is 0 Å². The Morgan fingerprint density at radius 1 is 1.35 bits per heavy atom. The molecule has 4 heteroatoms. The topological polar surface area (TPSA) is 24.5 Å². The minimum atomic E-state index is 0.412. The van der Waals surface area contributed by atoms with Crippen LogP contribution in [0.25, 0.3) is 0 Å². The molecule has 1 aromatic carbocycles. The second kappa shape index (κ2) is 5.15. The maximum Gasteiger partial charge on any atom is 0.0786 e. The third-order valence-corrected chi connectivity index (χ3v) is 3.53. The van der Waals surface area contributed by atoms with Crippen molar-refractivity contribution < 1.29 is 4.74 Å². The van der Waals surface area contributed by atoms with Crippen molar-refractivity contribution in [2.45, 2.75) is 25.0 Å². The molecular formula is C13H19ClN2O. The van der Waals surface area contributed by atoms with Gasteiger partial charge in [-0.25, -0.2) is 0 Å². The maximum absolute atomic E-state index is 6.22. The van der Waals surface area contributed by atoms with Gasteiger partial charge in [-0.2, -0.15) is 0 Å². The van der Waals surface area contributed by atoms with Gasteiger partial charge in [0.15, 0.2) is 0 Å². The molecule has 0 aliphatic heterocycles. The molecule has 1 aliphatic rings. The van der Waals surface area contributed by atoms with Gasteiger partial charge in [-0.05, 0) is 25.0 Å². The predicted molar refractivity (Wildman–Crippen MR) is 73.2 cm³/mol. The number of hydrogen-bond donors (Lipinski definition) is 1. The summed E-state index contributed by atoms with van der Waals surface area (Å²) in [7, 11) is 5.78. The van der Waals surface area contributed by atoms with Crippen LogP contribution in [-0.2, 0) is 4.74 Å². The highest BCUT2D eigenvalue weighted by molar-refractivity contribution is 6.34. The summed E-state index contributed by atoms with van der Waals surface area (Å²) in [6, 6.07) is 6.46. The molecular weight excluding hydrogens is 236 g/mol. The largest absolute Gasteiger partial charge is 0.381 e. The van der Waals surface area contributed by atoms with Gasteiger partial charge >= 0.3 is 0 Å². The van der Waals surface area contributed by atoms with Crippen LogP contribution >= 0.6 is 11.6 Å². The van der Waals surface area contributed by atoms with Gasteiger partial charge in [0, 0.05) is 27.2 Å². The minimum absolute atomic E-state index is 0.412. The maximum atomic E-state index is 6.22. The fraction of sp³-hybridized carbons (Fsp3) is 0.538. The zero-order valence-corrected chi connectivity index (χ0v) is 11.3. The van der Waals surface area contributed by atoms with Gasteiger partial charge in [0.25, 0.3) is 0 Å². The van der Waals surface area contributed by atoms with Crippen molar-refractivity contribution >= 4 is 23.0 Å². The van der Waals surface area contributed by atoms with Crippen molar-refractivity contribution in [3.8, 4) is 0 Å². The Kier molecular flexibility index (Phi) is 3.79. The number of anilines is 2. The van der Waals surface area contributed by atoms with E-state index in [0.29, 0.717) is 12.1 Å². The Hall–Kier alpha value is -0.930. The number of nitrogens with one attached hydrogen (secondary N) is 1. The van der Waals surface area contributed by atoms with E-state index >= 15 is 0 Å². The molecule has 1 aliphatic carbocycles. The van der Waals surface area contributed by atoms with Crippen molar-refractivity contribution in [1.29, 1.82) is 0 Å². The van der Waals surface area contributed by atoms with Crippen molar-refractivity contribution in [2.75, 3.05) is 31.4 Å². The summed E-state index contributed by atoms with van der Waals surface area (Å²) in [6.45, 7) is 0. The van der Waals surface area contributed by atoms with Crippen LogP contribution < -0.4 is 10.2 Å². The highest BCUT2D eigenvalue weighted by Gasteiger charge is 2.29. The van der Waals surface area contributed by atoms with Gasteiger partial charge in [0.1, 0.15) is 0 Å². The van der Waals surface area contributed by atoms with Crippen LogP contribution in [0.1, 0.15) is 12.8 Å². The van der Waals surface area contributed by atoms with Gasteiger partial charge in [0.05, 0.1) is 22.5 Å². The van der Waals surface area contributed by atoms with Gasteiger partial charge in [-0.1, -0.05) is 17.7 Å². The molecule has 2 rings (SSSR count). The van der Waals surface area contributed by atoms with E-state index in [1.807, 2.05) is 31.1 Å². The van der Waals surface area contributed by atoms with E-state index in [1.165, 1.54) is 0 Å². The normalized spacial score (nSPS) is 23.1. The first kappa shape index (κ1) is 12.5. The van der Waals surface area contributed by atoms with Crippen LogP contribution in [0.15, 0.2) is 18.2 Å². The minimum Gasteiger partial charge on any atom is -0.381 e. The van der Waals surface area contributed by atoms with Crippen LogP contribution in [0.3, 0.4) is 0 Å². The first-order valence-electron chi connectivity index (χ1n) is 5.87. The molecule has 0 atom stereocenters. The number of methoxy groups -OCH3 is 1. The summed E-state index contributed by atoms with van der Waals surface area (Å²) < 4.78 is 5.28. The van der Waals surface area contributed by atoms with Crippen LogP contribution in [0.4, 0.5) is 11.4 Å². The summed E-state index contributed by atoms with van der Waals surface area (Å²) in [4.78, 5) is 2.04. The molecule has 0 saturated heterocycles. The monoisotopic (exact) mass is 254 g/mol. The number of benzene rings is 1. The quantitative estimate of drug-likeness (QED) is 0.894. The lowest BCUT2D eigenvalue weighted by atomic mass is 9.89. The fourth-order valence-corrected chi connectivity index (χ4v) is 2.53. The average molecular weight is 255 g/mol. The lowest BCUT2D eigenvalue weighted by molar-refractivity contribution is 0.0329.